The Hall–Kier alpha value is -5.53. The van der Waals surface area contributed by atoms with E-state index in [4.69, 9.17) is 4.74 Å². The molecule has 2 aromatic carbocycles. The molecule has 0 saturated heterocycles. The second-order valence-electron chi connectivity index (χ2n) is 8.30. The number of anilines is 2. The molecule has 4 N–H and O–H groups in total. The van der Waals surface area contributed by atoms with Crippen LogP contribution in [0.25, 0.3) is 5.69 Å². The van der Waals surface area contributed by atoms with E-state index < -0.39 is 23.9 Å². The highest BCUT2D eigenvalue weighted by atomic mass is 19.4. The molecule has 0 unspecified atom stereocenters. The number of allylic oxidation sites excluding steroid dienone is 4. The van der Waals surface area contributed by atoms with Crippen molar-refractivity contribution in [1.82, 2.24) is 20.4 Å². The Labute approximate surface area is 239 Å². The first-order chi connectivity index (χ1) is 20.0. The fraction of sp³-hybridized carbons (Fsp3) is 0.143. The number of carbonyl (C=O) groups excluding carboxylic acids is 2. The second kappa shape index (κ2) is 14.2. The SMILES string of the molecule is C=C/C(=C\C=C(/C)Oc1ccc(NC(=O)Nc2cc(C(F)(F)F)ccc2-n2cccn2)cc1)NC(=NC)NC(=O)OC. The van der Waals surface area contributed by atoms with Gasteiger partial charge < -0.3 is 25.4 Å². The molecule has 3 rings (SSSR count). The van der Waals surface area contributed by atoms with Crippen LogP contribution in [0.3, 0.4) is 0 Å². The van der Waals surface area contributed by atoms with Crippen LogP contribution in [-0.2, 0) is 10.9 Å². The van der Waals surface area contributed by atoms with Gasteiger partial charge in [0, 0.05) is 30.8 Å². The third-order valence-corrected chi connectivity index (χ3v) is 5.32. The summed E-state index contributed by atoms with van der Waals surface area (Å²) >= 11 is 0. The van der Waals surface area contributed by atoms with Crippen molar-refractivity contribution in [2.45, 2.75) is 13.1 Å². The number of nitrogens with one attached hydrogen (secondary N) is 4. The standard InChI is InChI=1S/C28H28F3N7O4/c1-5-20(34-25(32-3)37-27(40)41-4)9-7-18(2)42-22-12-10-21(11-13-22)35-26(39)36-23-17-19(28(29,30)31)8-14-24(23)38-16-6-15-33-38/h5-17H,1H2,2-4H3,(H2,35,36,39)(H2,32,34,37,40)/b18-7+,20-9+. The van der Waals surface area contributed by atoms with Crippen LogP contribution in [0.5, 0.6) is 5.75 Å². The molecule has 0 spiro atoms. The molecular formula is C28H28F3N7O4. The highest BCUT2D eigenvalue weighted by Crippen LogP contribution is 2.33. The van der Waals surface area contributed by atoms with Gasteiger partial charge in [0.25, 0.3) is 0 Å². The number of amides is 3. The molecule has 0 aliphatic rings. The zero-order chi connectivity index (χ0) is 30.7. The maximum absolute atomic E-state index is 13.3. The summed E-state index contributed by atoms with van der Waals surface area (Å²) < 4.78 is 51.5. The first-order valence-electron chi connectivity index (χ1n) is 12.2. The highest BCUT2D eigenvalue weighted by Gasteiger charge is 2.31. The van der Waals surface area contributed by atoms with Crippen molar-refractivity contribution in [3.63, 3.8) is 0 Å². The topological polar surface area (TPSA) is 131 Å². The molecular weight excluding hydrogens is 555 g/mol. The smallest absolute Gasteiger partial charge is 0.416 e. The van der Waals surface area contributed by atoms with E-state index in [1.165, 1.54) is 37.2 Å². The normalized spacial score (nSPS) is 12.3. The molecule has 1 aromatic heterocycles. The number of hydrogen-bond acceptors (Lipinski definition) is 6. The molecule has 3 amide bonds. The second-order valence-corrected chi connectivity index (χ2v) is 8.30. The van der Waals surface area contributed by atoms with Gasteiger partial charge >= 0.3 is 18.3 Å². The Morgan fingerprint density at radius 1 is 1.07 bits per heavy atom. The first kappa shape index (κ1) is 31.0. The summed E-state index contributed by atoms with van der Waals surface area (Å²) in [5, 5.41) is 14.4. The number of rotatable bonds is 8. The van der Waals surface area contributed by atoms with E-state index >= 15 is 0 Å². The molecule has 0 aliphatic heterocycles. The lowest BCUT2D eigenvalue weighted by atomic mass is 10.1. The summed E-state index contributed by atoms with van der Waals surface area (Å²) in [5.41, 5.74) is 0.150. The average molecular weight is 584 g/mol. The summed E-state index contributed by atoms with van der Waals surface area (Å²) in [5.74, 6) is 1.11. The number of guanidine groups is 1. The molecule has 0 saturated carbocycles. The van der Waals surface area contributed by atoms with Crippen LogP contribution in [0, 0.1) is 0 Å². The number of aromatic nitrogens is 2. The number of carbonyl (C=O) groups is 2. The van der Waals surface area contributed by atoms with Crippen molar-refractivity contribution in [2.24, 2.45) is 4.99 Å². The van der Waals surface area contributed by atoms with Crippen molar-refractivity contribution >= 4 is 29.5 Å². The van der Waals surface area contributed by atoms with E-state index in [9.17, 15) is 22.8 Å². The highest BCUT2D eigenvalue weighted by molar-refractivity contribution is 6.01. The van der Waals surface area contributed by atoms with Gasteiger partial charge in [-0.25, -0.2) is 14.3 Å². The molecule has 0 radical (unpaired) electrons. The number of nitrogens with zero attached hydrogens (tertiary/aromatic N) is 3. The van der Waals surface area contributed by atoms with Crippen molar-refractivity contribution in [3.05, 3.63) is 103 Å². The minimum Gasteiger partial charge on any atom is -0.462 e. The Morgan fingerprint density at radius 2 is 1.81 bits per heavy atom. The van der Waals surface area contributed by atoms with E-state index in [1.807, 2.05) is 0 Å². The molecule has 1 heterocycles. The Kier molecular flexibility index (Phi) is 10.5. The zero-order valence-electron chi connectivity index (χ0n) is 22.8. The summed E-state index contributed by atoms with van der Waals surface area (Å²) in [6, 6.07) is 10.2. The molecule has 3 aromatic rings. The number of methoxy groups -OCH3 is 1. The number of halogens is 3. The fourth-order valence-corrected chi connectivity index (χ4v) is 3.33. The Bertz CT molecular complexity index is 1500. The minimum absolute atomic E-state index is 0.0772. The quantitative estimate of drug-likeness (QED) is 0.114. The van der Waals surface area contributed by atoms with Gasteiger partial charge in [0.1, 0.15) is 11.5 Å². The largest absolute Gasteiger partial charge is 0.462 e. The van der Waals surface area contributed by atoms with Crippen molar-refractivity contribution < 1.29 is 32.2 Å². The van der Waals surface area contributed by atoms with Crippen LogP contribution in [-0.4, -0.2) is 42.0 Å². The van der Waals surface area contributed by atoms with Crippen molar-refractivity contribution in [3.8, 4) is 11.4 Å². The van der Waals surface area contributed by atoms with E-state index in [0.717, 1.165) is 12.1 Å². The first-order valence-corrected chi connectivity index (χ1v) is 12.2. The van der Waals surface area contributed by atoms with Gasteiger partial charge in [-0.3, -0.25) is 10.3 Å². The third kappa shape index (κ3) is 9.01. The summed E-state index contributed by atoms with van der Waals surface area (Å²) in [6.45, 7) is 5.42. The van der Waals surface area contributed by atoms with Gasteiger partial charge in [-0.05, 0) is 73.7 Å². The number of alkyl carbamates (subject to hydrolysis) is 1. The van der Waals surface area contributed by atoms with E-state index in [1.54, 1.807) is 55.6 Å². The number of hydrogen-bond donors (Lipinski definition) is 4. The Balaban J connectivity index is 1.64. The predicted octanol–water partition coefficient (Wildman–Crippen LogP) is 5.82. The van der Waals surface area contributed by atoms with Crippen LogP contribution in [0.2, 0.25) is 0 Å². The molecule has 14 heteroatoms. The third-order valence-electron chi connectivity index (χ3n) is 5.32. The van der Waals surface area contributed by atoms with Gasteiger partial charge in [-0.15, -0.1) is 0 Å². The van der Waals surface area contributed by atoms with Gasteiger partial charge in [-0.2, -0.15) is 18.3 Å². The Morgan fingerprint density at radius 3 is 2.40 bits per heavy atom. The van der Waals surface area contributed by atoms with E-state index in [-0.39, 0.29) is 17.3 Å². The summed E-state index contributed by atoms with van der Waals surface area (Å²) in [7, 11) is 2.71. The number of benzene rings is 2. The lowest BCUT2D eigenvalue weighted by molar-refractivity contribution is -0.137. The summed E-state index contributed by atoms with van der Waals surface area (Å²) in [4.78, 5) is 27.9. The fourth-order valence-electron chi connectivity index (χ4n) is 3.33. The van der Waals surface area contributed by atoms with Crippen LogP contribution in [0.1, 0.15) is 12.5 Å². The molecule has 220 valence electrons. The van der Waals surface area contributed by atoms with Crippen LogP contribution in [0.4, 0.5) is 34.1 Å². The van der Waals surface area contributed by atoms with Gasteiger partial charge in [0.15, 0.2) is 0 Å². The van der Waals surface area contributed by atoms with Crippen molar-refractivity contribution in [1.29, 1.82) is 0 Å². The molecule has 0 atom stereocenters. The number of ether oxygens (including phenoxy) is 2. The molecule has 0 bridgehead atoms. The number of alkyl halides is 3. The number of aliphatic imine (C=N–C) groups is 1. The van der Waals surface area contributed by atoms with Crippen LogP contribution in [0.15, 0.2) is 102 Å². The molecule has 11 nitrogen and oxygen atoms in total. The van der Waals surface area contributed by atoms with Gasteiger partial charge in [-0.1, -0.05) is 6.58 Å². The van der Waals surface area contributed by atoms with E-state index in [0.29, 0.717) is 22.9 Å². The minimum atomic E-state index is -4.59. The lowest BCUT2D eigenvalue weighted by Gasteiger charge is -2.15. The number of urea groups is 1. The molecule has 0 fully saturated rings. The van der Waals surface area contributed by atoms with Gasteiger partial charge in [0.05, 0.1) is 24.0 Å². The summed E-state index contributed by atoms with van der Waals surface area (Å²) in [6.07, 6.45) is 2.55. The maximum Gasteiger partial charge on any atom is 0.416 e. The van der Waals surface area contributed by atoms with Crippen LogP contribution >= 0.6 is 0 Å². The zero-order valence-corrected chi connectivity index (χ0v) is 22.8. The lowest BCUT2D eigenvalue weighted by Crippen LogP contribution is -2.40. The maximum atomic E-state index is 13.3. The molecule has 42 heavy (non-hydrogen) atoms. The van der Waals surface area contributed by atoms with Crippen LogP contribution < -0.4 is 26.0 Å². The van der Waals surface area contributed by atoms with Crippen molar-refractivity contribution in [2.75, 3.05) is 24.8 Å². The average Bonchev–Trinajstić information content (AvgIpc) is 3.50. The monoisotopic (exact) mass is 583 g/mol. The van der Waals surface area contributed by atoms with Gasteiger partial charge in [0.2, 0.25) is 5.96 Å². The van der Waals surface area contributed by atoms with E-state index in [2.05, 4.69) is 42.7 Å². The molecule has 0 aliphatic carbocycles. The predicted molar refractivity (Wildman–Crippen MR) is 152 cm³/mol.